The van der Waals surface area contributed by atoms with Crippen molar-refractivity contribution in [3.8, 4) is 0 Å². The lowest BCUT2D eigenvalue weighted by Crippen LogP contribution is -2.11. The Labute approximate surface area is 127 Å². The van der Waals surface area contributed by atoms with Gasteiger partial charge in [-0.1, -0.05) is 11.6 Å². The average molecular weight is 304 g/mol. The zero-order valence-electron chi connectivity index (χ0n) is 11.2. The SMILES string of the molecule is O=[N+]([O-])c1ccc(Nc2ccc3c(c2)CCCN3)c(Cl)c1. The fourth-order valence-corrected chi connectivity index (χ4v) is 2.65. The second-order valence-corrected chi connectivity index (χ2v) is 5.36. The van der Waals surface area contributed by atoms with Crippen LogP contribution >= 0.6 is 11.6 Å². The molecule has 1 heterocycles. The Balaban J connectivity index is 1.85. The number of nitro benzene ring substituents is 1. The minimum atomic E-state index is -0.458. The molecule has 0 spiro atoms. The largest absolute Gasteiger partial charge is 0.385 e. The van der Waals surface area contributed by atoms with Crippen molar-refractivity contribution < 1.29 is 4.92 Å². The molecular formula is C15H14ClN3O2. The number of anilines is 3. The van der Waals surface area contributed by atoms with Crippen molar-refractivity contribution in [2.24, 2.45) is 0 Å². The molecule has 5 nitrogen and oxygen atoms in total. The number of halogens is 1. The highest BCUT2D eigenvalue weighted by molar-refractivity contribution is 6.33. The first-order chi connectivity index (χ1) is 10.1. The number of aryl methyl sites for hydroxylation is 1. The molecule has 3 rings (SSSR count). The van der Waals surface area contributed by atoms with Gasteiger partial charge in [-0.15, -0.1) is 0 Å². The third kappa shape index (κ3) is 2.92. The van der Waals surface area contributed by atoms with Crippen LogP contribution in [0.1, 0.15) is 12.0 Å². The number of nitro groups is 1. The molecule has 0 saturated heterocycles. The number of hydrogen-bond donors (Lipinski definition) is 2. The van der Waals surface area contributed by atoms with Crippen LogP contribution < -0.4 is 10.6 Å². The zero-order chi connectivity index (χ0) is 14.8. The number of nitrogens with zero attached hydrogens (tertiary/aromatic N) is 1. The summed E-state index contributed by atoms with van der Waals surface area (Å²) in [6.45, 7) is 1.01. The Hall–Kier alpha value is -2.27. The molecule has 0 amide bonds. The summed E-state index contributed by atoms with van der Waals surface area (Å²) >= 11 is 6.09. The fraction of sp³-hybridized carbons (Fsp3) is 0.200. The first-order valence-electron chi connectivity index (χ1n) is 6.71. The highest BCUT2D eigenvalue weighted by Crippen LogP contribution is 2.31. The van der Waals surface area contributed by atoms with E-state index in [2.05, 4.69) is 16.7 Å². The van der Waals surface area contributed by atoms with Gasteiger partial charge in [0.25, 0.3) is 5.69 Å². The zero-order valence-corrected chi connectivity index (χ0v) is 12.0. The molecule has 0 radical (unpaired) electrons. The van der Waals surface area contributed by atoms with Gasteiger partial charge in [-0.3, -0.25) is 10.1 Å². The second kappa shape index (κ2) is 5.61. The van der Waals surface area contributed by atoms with Crippen LogP contribution in [0.25, 0.3) is 0 Å². The molecule has 1 aliphatic rings. The monoisotopic (exact) mass is 303 g/mol. The van der Waals surface area contributed by atoms with Gasteiger partial charge >= 0.3 is 0 Å². The molecule has 2 aromatic carbocycles. The van der Waals surface area contributed by atoms with E-state index in [1.807, 2.05) is 12.1 Å². The van der Waals surface area contributed by atoms with Gasteiger partial charge in [0, 0.05) is 30.1 Å². The highest BCUT2D eigenvalue weighted by atomic mass is 35.5. The number of fused-ring (bicyclic) bond motifs is 1. The summed E-state index contributed by atoms with van der Waals surface area (Å²) < 4.78 is 0. The van der Waals surface area contributed by atoms with E-state index >= 15 is 0 Å². The van der Waals surface area contributed by atoms with Crippen LogP contribution in [-0.4, -0.2) is 11.5 Å². The third-order valence-electron chi connectivity index (χ3n) is 3.49. The van der Waals surface area contributed by atoms with Crippen LogP contribution in [0.3, 0.4) is 0 Å². The van der Waals surface area contributed by atoms with Crippen molar-refractivity contribution >= 4 is 34.4 Å². The number of hydrogen-bond acceptors (Lipinski definition) is 4. The lowest BCUT2D eigenvalue weighted by atomic mass is 10.0. The summed E-state index contributed by atoms with van der Waals surface area (Å²) in [6.07, 6.45) is 2.17. The van der Waals surface area contributed by atoms with E-state index < -0.39 is 4.92 Å². The summed E-state index contributed by atoms with van der Waals surface area (Å²) in [7, 11) is 0. The Morgan fingerprint density at radius 3 is 2.86 bits per heavy atom. The molecule has 108 valence electrons. The summed E-state index contributed by atoms with van der Waals surface area (Å²) in [4.78, 5) is 10.2. The number of rotatable bonds is 3. The van der Waals surface area contributed by atoms with Crippen molar-refractivity contribution in [3.05, 3.63) is 57.1 Å². The van der Waals surface area contributed by atoms with Crippen molar-refractivity contribution in [1.82, 2.24) is 0 Å². The first kappa shape index (κ1) is 13.7. The van der Waals surface area contributed by atoms with Crippen LogP contribution in [0.5, 0.6) is 0 Å². The Kier molecular flexibility index (Phi) is 3.66. The molecule has 0 fully saturated rings. The van der Waals surface area contributed by atoms with Crippen molar-refractivity contribution in [3.63, 3.8) is 0 Å². The summed E-state index contributed by atoms with van der Waals surface area (Å²) in [5, 5.41) is 17.6. The Morgan fingerprint density at radius 2 is 2.10 bits per heavy atom. The van der Waals surface area contributed by atoms with Gasteiger partial charge in [0.05, 0.1) is 15.6 Å². The summed E-state index contributed by atoms with van der Waals surface area (Å²) in [5.74, 6) is 0. The molecular weight excluding hydrogens is 290 g/mol. The van der Waals surface area contributed by atoms with E-state index in [1.54, 1.807) is 6.07 Å². The van der Waals surface area contributed by atoms with Crippen LogP contribution in [-0.2, 0) is 6.42 Å². The smallest absolute Gasteiger partial charge is 0.271 e. The second-order valence-electron chi connectivity index (χ2n) is 4.95. The molecule has 6 heteroatoms. The van der Waals surface area contributed by atoms with Gasteiger partial charge in [0.1, 0.15) is 0 Å². The van der Waals surface area contributed by atoms with Crippen LogP contribution in [0.4, 0.5) is 22.7 Å². The minimum absolute atomic E-state index is 0.0137. The molecule has 0 unspecified atom stereocenters. The molecule has 0 atom stereocenters. The molecule has 2 N–H and O–H groups in total. The van der Waals surface area contributed by atoms with Gasteiger partial charge in [0.2, 0.25) is 0 Å². The lowest BCUT2D eigenvalue weighted by molar-refractivity contribution is -0.384. The van der Waals surface area contributed by atoms with Gasteiger partial charge in [-0.25, -0.2) is 0 Å². The molecule has 2 aromatic rings. The Morgan fingerprint density at radius 1 is 1.24 bits per heavy atom. The van der Waals surface area contributed by atoms with E-state index in [9.17, 15) is 10.1 Å². The topological polar surface area (TPSA) is 67.2 Å². The predicted molar refractivity (Wildman–Crippen MR) is 84.6 cm³/mol. The van der Waals surface area contributed by atoms with Crippen molar-refractivity contribution in [2.75, 3.05) is 17.2 Å². The fourth-order valence-electron chi connectivity index (χ4n) is 2.43. The van der Waals surface area contributed by atoms with Gasteiger partial charge in [-0.05, 0) is 42.7 Å². The highest BCUT2D eigenvalue weighted by Gasteiger charge is 2.11. The minimum Gasteiger partial charge on any atom is -0.385 e. The number of benzene rings is 2. The first-order valence-corrected chi connectivity index (χ1v) is 7.09. The van der Waals surface area contributed by atoms with Crippen LogP contribution in [0.2, 0.25) is 5.02 Å². The summed E-state index contributed by atoms with van der Waals surface area (Å²) in [6, 6.07) is 10.5. The maximum Gasteiger partial charge on any atom is 0.271 e. The van der Waals surface area contributed by atoms with Gasteiger partial charge in [-0.2, -0.15) is 0 Å². The molecule has 1 aliphatic heterocycles. The molecule has 0 saturated carbocycles. The lowest BCUT2D eigenvalue weighted by Gasteiger charge is -2.19. The van der Waals surface area contributed by atoms with Crippen LogP contribution in [0, 0.1) is 10.1 Å². The maximum atomic E-state index is 10.7. The number of non-ortho nitro benzene ring substituents is 1. The third-order valence-corrected chi connectivity index (χ3v) is 3.80. The van der Waals surface area contributed by atoms with E-state index in [-0.39, 0.29) is 5.69 Å². The standard InChI is InChI=1S/C15H14ClN3O2/c16-13-9-12(19(20)21)4-6-15(13)18-11-3-5-14-10(8-11)2-1-7-17-14/h3-6,8-9,17-18H,1-2,7H2. The van der Waals surface area contributed by atoms with Crippen molar-refractivity contribution in [1.29, 1.82) is 0 Å². The van der Waals surface area contributed by atoms with E-state index in [1.165, 1.54) is 23.4 Å². The van der Waals surface area contributed by atoms with E-state index in [4.69, 9.17) is 11.6 Å². The van der Waals surface area contributed by atoms with Crippen molar-refractivity contribution in [2.45, 2.75) is 12.8 Å². The predicted octanol–water partition coefficient (Wildman–Crippen LogP) is 4.35. The maximum absolute atomic E-state index is 10.7. The Bertz CT molecular complexity index is 703. The molecule has 0 aliphatic carbocycles. The van der Waals surface area contributed by atoms with Gasteiger partial charge < -0.3 is 10.6 Å². The molecule has 21 heavy (non-hydrogen) atoms. The molecule has 0 bridgehead atoms. The average Bonchev–Trinajstić information content (AvgIpc) is 2.49. The number of nitrogens with one attached hydrogen (secondary N) is 2. The summed E-state index contributed by atoms with van der Waals surface area (Å²) in [5.41, 5.74) is 4.00. The van der Waals surface area contributed by atoms with Crippen LogP contribution in [0.15, 0.2) is 36.4 Å². The van der Waals surface area contributed by atoms with E-state index in [0.717, 1.165) is 25.1 Å². The van der Waals surface area contributed by atoms with E-state index in [0.29, 0.717) is 10.7 Å². The van der Waals surface area contributed by atoms with Gasteiger partial charge in [0.15, 0.2) is 0 Å². The normalized spacial score (nSPS) is 13.2. The molecule has 0 aromatic heterocycles. The quantitative estimate of drug-likeness (QED) is 0.653.